The van der Waals surface area contributed by atoms with E-state index < -0.39 is 5.97 Å². The number of carboxylic acid groups (broad SMARTS) is 1. The van der Waals surface area contributed by atoms with E-state index in [1.54, 1.807) is 30.0 Å². The molecule has 136 valence electrons. The number of benzene rings is 1. The van der Waals surface area contributed by atoms with Crippen LogP contribution in [-0.2, 0) is 0 Å². The Balaban J connectivity index is 2.49. The largest absolute Gasteiger partial charge is 0.478 e. The van der Waals surface area contributed by atoms with Crippen molar-refractivity contribution >= 4 is 17.7 Å². The molecule has 0 saturated heterocycles. The number of thioether (sulfide) groups is 1. The van der Waals surface area contributed by atoms with Gasteiger partial charge in [0, 0.05) is 9.64 Å². The molecule has 3 heteroatoms. The minimum atomic E-state index is -0.882. The second-order valence-corrected chi connectivity index (χ2v) is 8.40. The van der Waals surface area contributed by atoms with Crippen molar-refractivity contribution in [2.75, 3.05) is 0 Å². The Bertz CT molecular complexity index is 639. The fourth-order valence-corrected chi connectivity index (χ4v) is 3.51. The zero-order chi connectivity index (χ0) is 18.7. The first-order chi connectivity index (χ1) is 11.8. The third kappa shape index (κ3) is 9.35. The van der Waals surface area contributed by atoms with E-state index in [9.17, 15) is 4.79 Å². The van der Waals surface area contributed by atoms with Gasteiger partial charge in [0.2, 0.25) is 0 Å². The van der Waals surface area contributed by atoms with E-state index in [1.807, 2.05) is 6.07 Å². The summed E-state index contributed by atoms with van der Waals surface area (Å²) >= 11 is 1.68. The van der Waals surface area contributed by atoms with Crippen molar-refractivity contribution in [1.29, 1.82) is 0 Å². The molecule has 0 heterocycles. The van der Waals surface area contributed by atoms with Gasteiger partial charge in [0.05, 0.1) is 5.56 Å². The van der Waals surface area contributed by atoms with E-state index >= 15 is 0 Å². The first kappa shape index (κ1) is 21.3. The quantitative estimate of drug-likeness (QED) is 0.281. The molecule has 0 amide bonds. The summed E-state index contributed by atoms with van der Waals surface area (Å²) in [5.74, 6) is -0.882. The van der Waals surface area contributed by atoms with Crippen molar-refractivity contribution in [2.24, 2.45) is 0 Å². The predicted octanol–water partition coefficient (Wildman–Crippen LogP) is 6.89. The number of hydrogen-bond acceptors (Lipinski definition) is 2. The highest BCUT2D eigenvalue weighted by Crippen LogP contribution is 2.34. The van der Waals surface area contributed by atoms with Gasteiger partial charge in [-0.1, -0.05) is 42.0 Å². The lowest BCUT2D eigenvalue weighted by Crippen LogP contribution is -2.10. The minimum Gasteiger partial charge on any atom is -0.478 e. The molecule has 1 aromatic rings. The molecule has 1 aromatic carbocycles. The number of rotatable bonds is 10. The van der Waals surface area contributed by atoms with E-state index in [-0.39, 0.29) is 4.75 Å². The summed E-state index contributed by atoms with van der Waals surface area (Å²) in [4.78, 5) is 12.0. The SMILES string of the molecule is CC=CCCC(C)=CCCC=CC(C)(C)Sc1cccc(C(=O)O)c1. The van der Waals surface area contributed by atoms with Crippen molar-refractivity contribution in [3.05, 3.63) is 65.8 Å². The molecule has 25 heavy (non-hydrogen) atoms. The fourth-order valence-electron chi connectivity index (χ4n) is 2.40. The minimum absolute atomic E-state index is 0.0677. The molecular weight excluding hydrogens is 328 g/mol. The lowest BCUT2D eigenvalue weighted by atomic mass is 10.1. The molecule has 0 bridgehead atoms. The summed E-state index contributed by atoms with van der Waals surface area (Å²) in [6, 6.07) is 7.12. The lowest BCUT2D eigenvalue weighted by molar-refractivity contribution is 0.0696. The van der Waals surface area contributed by atoms with Gasteiger partial charge >= 0.3 is 5.97 Å². The van der Waals surface area contributed by atoms with Crippen LogP contribution in [0, 0.1) is 0 Å². The molecule has 1 N–H and O–H groups in total. The van der Waals surface area contributed by atoms with E-state index in [0.29, 0.717) is 5.56 Å². The van der Waals surface area contributed by atoms with Crippen LogP contribution in [0.1, 0.15) is 63.7 Å². The normalized spacial score (nSPS) is 13.0. The zero-order valence-corrected chi connectivity index (χ0v) is 16.6. The summed E-state index contributed by atoms with van der Waals surface area (Å²) in [7, 11) is 0. The number of unbranched alkanes of at least 4 members (excludes halogenated alkanes) is 1. The van der Waals surface area contributed by atoms with Crippen LogP contribution in [0.3, 0.4) is 0 Å². The first-order valence-electron chi connectivity index (χ1n) is 8.81. The van der Waals surface area contributed by atoms with Crippen molar-refractivity contribution in [2.45, 2.75) is 63.0 Å². The number of hydrogen-bond donors (Lipinski definition) is 1. The van der Waals surface area contributed by atoms with Crippen LogP contribution < -0.4 is 0 Å². The average Bonchev–Trinajstić information content (AvgIpc) is 2.54. The smallest absolute Gasteiger partial charge is 0.335 e. The van der Waals surface area contributed by atoms with Crippen molar-refractivity contribution in [1.82, 2.24) is 0 Å². The molecule has 0 atom stereocenters. The monoisotopic (exact) mass is 358 g/mol. The maximum absolute atomic E-state index is 11.1. The van der Waals surface area contributed by atoms with Gasteiger partial charge in [-0.05, 0) is 71.6 Å². The summed E-state index contributed by atoms with van der Waals surface area (Å²) < 4.78 is -0.0677. The molecule has 0 aliphatic rings. The number of aromatic carboxylic acids is 1. The van der Waals surface area contributed by atoms with Crippen molar-refractivity contribution in [3.63, 3.8) is 0 Å². The van der Waals surface area contributed by atoms with E-state index in [4.69, 9.17) is 5.11 Å². The highest BCUT2D eigenvalue weighted by molar-refractivity contribution is 8.00. The van der Waals surface area contributed by atoms with Gasteiger partial charge in [-0.15, -0.1) is 11.8 Å². The van der Waals surface area contributed by atoms with Crippen LogP contribution in [0.4, 0.5) is 0 Å². The summed E-state index contributed by atoms with van der Waals surface area (Å²) in [5.41, 5.74) is 1.79. The predicted molar refractivity (Wildman–Crippen MR) is 110 cm³/mol. The zero-order valence-electron chi connectivity index (χ0n) is 15.8. The number of carbonyl (C=O) groups is 1. The molecule has 0 aliphatic carbocycles. The standard InChI is InChI=1S/C22H30O2S/c1-5-6-8-12-18(2)13-9-7-10-16-22(3,4)25-20-15-11-14-19(17-20)21(23)24/h5-6,10-11,13-17H,7-9,12H2,1-4H3,(H,23,24). The molecule has 0 fully saturated rings. The maximum Gasteiger partial charge on any atom is 0.335 e. The first-order valence-corrected chi connectivity index (χ1v) is 9.62. The van der Waals surface area contributed by atoms with Crippen molar-refractivity contribution < 1.29 is 9.90 Å². The van der Waals surface area contributed by atoms with Crippen LogP contribution in [-0.4, -0.2) is 15.8 Å². The Kier molecular flexibility index (Phi) is 9.36. The molecular formula is C22H30O2S. The van der Waals surface area contributed by atoms with Gasteiger partial charge in [-0.3, -0.25) is 0 Å². The highest BCUT2D eigenvalue weighted by atomic mass is 32.2. The second-order valence-electron chi connectivity index (χ2n) is 6.68. The molecule has 2 nitrogen and oxygen atoms in total. The van der Waals surface area contributed by atoms with Gasteiger partial charge in [0.1, 0.15) is 0 Å². The van der Waals surface area contributed by atoms with Gasteiger partial charge in [0.15, 0.2) is 0 Å². The highest BCUT2D eigenvalue weighted by Gasteiger charge is 2.16. The van der Waals surface area contributed by atoms with Gasteiger partial charge in [-0.2, -0.15) is 0 Å². The molecule has 0 unspecified atom stereocenters. The maximum atomic E-state index is 11.1. The Morgan fingerprint density at radius 2 is 1.96 bits per heavy atom. The van der Waals surface area contributed by atoms with Crippen LogP contribution >= 0.6 is 11.8 Å². The molecule has 0 aromatic heterocycles. The van der Waals surface area contributed by atoms with Crippen molar-refractivity contribution in [3.8, 4) is 0 Å². The summed E-state index contributed by atoms with van der Waals surface area (Å²) in [6.07, 6.45) is 15.4. The Morgan fingerprint density at radius 1 is 1.20 bits per heavy atom. The van der Waals surface area contributed by atoms with Crippen LogP contribution in [0.25, 0.3) is 0 Å². The third-order valence-electron chi connectivity index (χ3n) is 3.75. The Morgan fingerprint density at radius 3 is 2.64 bits per heavy atom. The van der Waals surface area contributed by atoms with Crippen LogP contribution in [0.15, 0.2) is 65.1 Å². The van der Waals surface area contributed by atoms with E-state index in [1.165, 1.54) is 5.57 Å². The van der Waals surface area contributed by atoms with Gasteiger partial charge in [-0.25, -0.2) is 4.79 Å². The summed E-state index contributed by atoms with van der Waals surface area (Å²) in [6.45, 7) is 8.56. The van der Waals surface area contributed by atoms with Crippen LogP contribution in [0.5, 0.6) is 0 Å². The summed E-state index contributed by atoms with van der Waals surface area (Å²) in [5, 5.41) is 9.09. The average molecular weight is 359 g/mol. The van der Waals surface area contributed by atoms with E-state index in [2.05, 4.69) is 58.1 Å². The molecule has 0 saturated carbocycles. The lowest BCUT2D eigenvalue weighted by Gasteiger charge is -2.19. The van der Waals surface area contributed by atoms with Gasteiger partial charge < -0.3 is 5.11 Å². The fraction of sp³-hybridized carbons (Fsp3) is 0.409. The van der Waals surface area contributed by atoms with E-state index in [0.717, 1.165) is 30.6 Å². The number of carboxylic acids is 1. The number of allylic oxidation sites excluding steroid dienone is 5. The third-order valence-corrected chi connectivity index (χ3v) is 4.90. The Labute approximate surface area is 156 Å². The molecule has 0 radical (unpaired) electrons. The molecule has 0 aliphatic heterocycles. The second kappa shape index (κ2) is 11.0. The topological polar surface area (TPSA) is 37.3 Å². The molecule has 0 spiro atoms. The molecule has 1 rings (SSSR count). The van der Waals surface area contributed by atoms with Gasteiger partial charge in [0.25, 0.3) is 0 Å². The Hall–Kier alpha value is -1.74. The van der Waals surface area contributed by atoms with Crippen LogP contribution in [0.2, 0.25) is 0 Å².